The number of halogens is 1. The highest BCUT2D eigenvalue weighted by molar-refractivity contribution is 7.89. The zero-order valence-electron chi connectivity index (χ0n) is 18.1. The summed E-state index contributed by atoms with van der Waals surface area (Å²) >= 11 is 5.87. The summed E-state index contributed by atoms with van der Waals surface area (Å²) in [6, 6.07) is 14.3. The lowest BCUT2D eigenvalue weighted by Gasteiger charge is -2.31. The summed E-state index contributed by atoms with van der Waals surface area (Å²) < 4.78 is 27.3. The number of rotatable bonds is 8. The number of amides is 1. The summed E-state index contributed by atoms with van der Waals surface area (Å²) in [6.07, 6.45) is 1.34. The number of hydrogen-bond donors (Lipinski definition) is 1. The Morgan fingerprint density at radius 3 is 2.35 bits per heavy atom. The number of nitrogens with zero attached hydrogens (tertiary/aromatic N) is 2. The van der Waals surface area contributed by atoms with E-state index in [0.29, 0.717) is 31.0 Å². The van der Waals surface area contributed by atoms with Crippen molar-refractivity contribution in [1.29, 1.82) is 0 Å². The third kappa shape index (κ3) is 5.79. The van der Waals surface area contributed by atoms with E-state index in [1.54, 1.807) is 12.1 Å². The van der Waals surface area contributed by atoms with Crippen molar-refractivity contribution in [2.45, 2.75) is 38.1 Å². The molecule has 1 fully saturated rings. The fraction of sp³-hybridized carbons (Fsp3) is 0.435. The number of benzene rings is 2. The fourth-order valence-corrected chi connectivity index (χ4v) is 5.53. The normalized spacial score (nSPS) is 17.3. The monoisotopic (exact) mass is 463 g/mol. The predicted molar refractivity (Wildman–Crippen MR) is 125 cm³/mol. The quantitative estimate of drug-likeness (QED) is 0.644. The number of hydrogen-bond acceptors (Lipinski definition) is 4. The van der Waals surface area contributed by atoms with Gasteiger partial charge >= 0.3 is 0 Å². The molecule has 3 rings (SSSR count). The summed E-state index contributed by atoms with van der Waals surface area (Å²) in [5, 5.41) is 3.46. The van der Waals surface area contributed by atoms with Crippen molar-refractivity contribution in [3.8, 4) is 0 Å². The highest BCUT2D eigenvalue weighted by atomic mass is 35.5. The van der Waals surface area contributed by atoms with Gasteiger partial charge in [-0.25, -0.2) is 8.42 Å². The molecular weight excluding hydrogens is 434 g/mol. The van der Waals surface area contributed by atoms with Crippen LogP contribution in [0.4, 0.5) is 5.69 Å². The van der Waals surface area contributed by atoms with Crippen molar-refractivity contribution < 1.29 is 13.2 Å². The molecule has 2 aromatic rings. The molecule has 0 spiro atoms. The highest BCUT2D eigenvalue weighted by Gasteiger charge is 2.33. The second-order valence-electron chi connectivity index (χ2n) is 7.71. The smallest absolute Gasteiger partial charge is 0.243 e. The summed E-state index contributed by atoms with van der Waals surface area (Å²) in [4.78, 5) is 15.2. The molecule has 0 aromatic heterocycles. The Bertz CT molecular complexity index is 974. The van der Waals surface area contributed by atoms with Crippen LogP contribution in [0, 0.1) is 5.92 Å². The van der Waals surface area contributed by atoms with Gasteiger partial charge in [0.2, 0.25) is 15.9 Å². The number of anilines is 1. The molecule has 0 radical (unpaired) electrons. The Labute approximate surface area is 190 Å². The molecule has 1 amide bonds. The third-order valence-corrected chi connectivity index (χ3v) is 7.87. The Hall–Kier alpha value is -2.09. The molecule has 0 saturated carbocycles. The van der Waals surface area contributed by atoms with Crippen molar-refractivity contribution >= 4 is 33.2 Å². The van der Waals surface area contributed by atoms with Crippen LogP contribution in [0.5, 0.6) is 0 Å². The van der Waals surface area contributed by atoms with E-state index in [2.05, 4.69) is 36.2 Å². The van der Waals surface area contributed by atoms with Gasteiger partial charge in [-0.2, -0.15) is 4.31 Å². The van der Waals surface area contributed by atoms with Gasteiger partial charge in [0.05, 0.1) is 10.8 Å². The maximum atomic E-state index is 12.9. The van der Waals surface area contributed by atoms with Gasteiger partial charge in [-0.15, -0.1) is 0 Å². The highest BCUT2D eigenvalue weighted by Crippen LogP contribution is 2.25. The average molecular weight is 464 g/mol. The standard InChI is InChI=1S/C23H30ClN3O3S/c1-3-26(4-2)21-11-7-18(8-12-21)16-25-23(28)19-6-5-15-27(17-19)31(29,30)22-13-9-20(24)10-14-22/h7-14,19H,3-6,15-17H2,1-2H3,(H,25,28)/t19-/m0/s1. The van der Waals surface area contributed by atoms with Crippen LogP contribution >= 0.6 is 11.6 Å². The SMILES string of the molecule is CCN(CC)c1ccc(CNC(=O)[C@H]2CCCN(S(=O)(=O)c3ccc(Cl)cc3)C2)cc1. The molecule has 1 aliphatic heterocycles. The van der Waals surface area contributed by atoms with Gasteiger partial charge < -0.3 is 10.2 Å². The third-order valence-electron chi connectivity index (χ3n) is 5.74. The van der Waals surface area contributed by atoms with Crippen molar-refractivity contribution in [3.63, 3.8) is 0 Å². The molecule has 0 unspecified atom stereocenters. The minimum atomic E-state index is -3.64. The lowest BCUT2D eigenvalue weighted by Crippen LogP contribution is -2.45. The van der Waals surface area contributed by atoms with Gasteiger partial charge in [-0.3, -0.25) is 4.79 Å². The van der Waals surface area contributed by atoms with Crippen LogP contribution in [-0.2, 0) is 21.4 Å². The molecule has 1 heterocycles. The first-order valence-corrected chi connectivity index (χ1v) is 12.5. The molecule has 168 valence electrons. The zero-order valence-corrected chi connectivity index (χ0v) is 19.6. The van der Waals surface area contributed by atoms with E-state index in [-0.39, 0.29) is 23.3 Å². The van der Waals surface area contributed by atoms with Crippen LogP contribution in [0.2, 0.25) is 5.02 Å². The number of sulfonamides is 1. The fourth-order valence-electron chi connectivity index (χ4n) is 3.88. The number of nitrogens with one attached hydrogen (secondary N) is 1. The van der Waals surface area contributed by atoms with Gasteiger partial charge in [-0.1, -0.05) is 23.7 Å². The van der Waals surface area contributed by atoms with Crippen molar-refractivity contribution in [3.05, 3.63) is 59.1 Å². The Morgan fingerprint density at radius 1 is 1.10 bits per heavy atom. The number of piperidine rings is 1. The van der Waals surface area contributed by atoms with Gasteiger partial charge in [0.1, 0.15) is 0 Å². The van der Waals surface area contributed by atoms with Crippen molar-refractivity contribution in [2.24, 2.45) is 5.92 Å². The Morgan fingerprint density at radius 2 is 1.74 bits per heavy atom. The maximum absolute atomic E-state index is 12.9. The summed E-state index contributed by atoms with van der Waals surface area (Å²) in [7, 11) is -3.64. The van der Waals surface area contributed by atoms with Crippen LogP contribution in [0.15, 0.2) is 53.4 Å². The van der Waals surface area contributed by atoms with E-state index < -0.39 is 10.0 Å². The van der Waals surface area contributed by atoms with E-state index in [1.807, 2.05) is 12.1 Å². The molecule has 2 aromatic carbocycles. The van der Waals surface area contributed by atoms with Crippen molar-refractivity contribution in [1.82, 2.24) is 9.62 Å². The Balaban J connectivity index is 1.59. The molecule has 1 atom stereocenters. The van der Waals surface area contributed by atoms with E-state index >= 15 is 0 Å². The van der Waals surface area contributed by atoms with Gasteiger partial charge in [0.15, 0.2) is 0 Å². The molecule has 31 heavy (non-hydrogen) atoms. The lowest BCUT2D eigenvalue weighted by atomic mass is 9.98. The van der Waals surface area contributed by atoms with Crippen LogP contribution in [0.1, 0.15) is 32.3 Å². The average Bonchev–Trinajstić information content (AvgIpc) is 2.79. The molecule has 1 N–H and O–H groups in total. The summed E-state index contributed by atoms with van der Waals surface area (Å²) in [5.41, 5.74) is 2.18. The second-order valence-corrected chi connectivity index (χ2v) is 10.1. The van der Waals surface area contributed by atoms with Crippen LogP contribution < -0.4 is 10.2 Å². The van der Waals surface area contributed by atoms with Gasteiger partial charge in [-0.05, 0) is 68.7 Å². The number of carbonyl (C=O) groups excluding carboxylic acids is 1. The largest absolute Gasteiger partial charge is 0.372 e. The van der Waals surface area contributed by atoms with E-state index in [0.717, 1.165) is 24.3 Å². The van der Waals surface area contributed by atoms with Gasteiger partial charge in [0, 0.05) is 43.4 Å². The Kier molecular flexibility index (Phi) is 7.97. The molecule has 1 aliphatic rings. The predicted octanol–water partition coefficient (Wildman–Crippen LogP) is 3.90. The first-order chi connectivity index (χ1) is 14.8. The zero-order chi connectivity index (χ0) is 22.4. The topological polar surface area (TPSA) is 69.7 Å². The molecule has 0 aliphatic carbocycles. The molecule has 0 bridgehead atoms. The van der Waals surface area contributed by atoms with E-state index in [1.165, 1.54) is 16.4 Å². The maximum Gasteiger partial charge on any atom is 0.243 e. The first kappa shape index (κ1) is 23.6. The second kappa shape index (κ2) is 10.5. The molecular formula is C23H30ClN3O3S. The minimum Gasteiger partial charge on any atom is -0.372 e. The van der Waals surface area contributed by atoms with E-state index in [9.17, 15) is 13.2 Å². The lowest BCUT2D eigenvalue weighted by molar-refractivity contribution is -0.126. The van der Waals surface area contributed by atoms with E-state index in [4.69, 9.17) is 11.6 Å². The summed E-state index contributed by atoms with van der Waals surface area (Å²) in [6.45, 7) is 7.18. The first-order valence-electron chi connectivity index (χ1n) is 10.7. The van der Waals surface area contributed by atoms with Crippen LogP contribution in [0.25, 0.3) is 0 Å². The molecule has 6 nitrogen and oxygen atoms in total. The van der Waals surface area contributed by atoms with Crippen molar-refractivity contribution in [2.75, 3.05) is 31.1 Å². The van der Waals surface area contributed by atoms with Crippen LogP contribution in [-0.4, -0.2) is 44.8 Å². The minimum absolute atomic E-state index is 0.108. The number of carbonyl (C=O) groups is 1. The van der Waals surface area contributed by atoms with Crippen LogP contribution in [0.3, 0.4) is 0 Å². The molecule has 1 saturated heterocycles. The van der Waals surface area contributed by atoms with Gasteiger partial charge in [0.25, 0.3) is 0 Å². The summed E-state index contributed by atoms with van der Waals surface area (Å²) in [5.74, 6) is -0.463. The molecule has 8 heteroatoms.